The van der Waals surface area contributed by atoms with Crippen molar-refractivity contribution in [2.75, 3.05) is 11.9 Å². The second-order valence-electron chi connectivity index (χ2n) is 4.56. The first-order chi connectivity index (χ1) is 9.72. The van der Waals surface area contributed by atoms with Gasteiger partial charge in [-0.1, -0.05) is 12.1 Å². The lowest BCUT2D eigenvalue weighted by atomic mass is 10.1. The Kier molecular flexibility index (Phi) is 3.28. The molecule has 0 spiro atoms. The van der Waals surface area contributed by atoms with Crippen LogP contribution in [0.1, 0.15) is 5.56 Å². The van der Waals surface area contributed by atoms with Gasteiger partial charge in [-0.05, 0) is 24.1 Å². The lowest BCUT2D eigenvalue weighted by Gasteiger charge is -2.04. The molecule has 0 unspecified atom stereocenters. The third-order valence-corrected chi connectivity index (χ3v) is 3.09. The number of nitrogens with one attached hydrogen (secondary N) is 1. The molecule has 20 heavy (non-hydrogen) atoms. The molecule has 0 aliphatic carbocycles. The van der Waals surface area contributed by atoms with E-state index >= 15 is 0 Å². The van der Waals surface area contributed by atoms with Crippen LogP contribution in [0.25, 0.3) is 11.2 Å². The molecular weight excluding hydrogens is 257 g/mol. The van der Waals surface area contributed by atoms with E-state index < -0.39 is 0 Å². The highest BCUT2D eigenvalue weighted by Crippen LogP contribution is 2.10. The van der Waals surface area contributed by atoms with Crippen LogP contribution in [-0.4, -0.2) is 26.1 Å². The summed E-state index contributed by atoms with van der Waals surface area (Å²) in [5.41, 5.74) is 2.64. The molecule has 0 aliphatic heterocycles. The number of hydrogen-bond donors (Lipinski definition) is 1. The molecule has 2 heterocycles. The third kappa shape index (κ3) is 2.59. The molecule has 5 nitrogen and oxygen atoms in total. The maximum absolute atomic E-state index is 12.8. The van der Waals surface area contributed by atoms with Crippen molar-refractivity contribution in [3.8, 4) is 0 Å². The molecule has 3 aromatic rings. The number of hydrogen-bond acceptors (Lipinski definition) is 4. The van der Waals surface area contributed by atoms with Crippen molar-refractivity contribution in [1.29, 1.82) is 0 Å². The van der Waals surface area contributed by atoms with Crippen LogP contribution in [0.2, 0.25) is 0 Å². The van der Waals surface area contributed by atoms with E-state index in [-0.39, 0.29) is 5.82 Å². The molecular formula is C14H14FN5. The molecule has 1 N–H and O–H groups in total. The van der Waals surface area contributed by atoms with Crippen LogP contribution in [0.15, 0.2) is 36.8 Å². The van der Waals surface area contributed by atoms with E-state index in [9.17, 15) is 4.39 Å². The van der Waals surface area contributed by atoms with E-state index in [1.165, 1.54) is 12.1 Å². The number of imidazole rings is 1. The summed E-state index contributed by atoms with van der Waals surface area (Å²) in [5.74, 6) is 0.337. The number of anilines is 1. The fourth-order valence-corrected chi connectivity index (χ4v) is 1.97. The lowest BCUT2D eigenvalue weighted by Crippen LogP contribution is -2.08. The average Bonchev–Trinajstić information content (AvgIpc) is 2.82. The van der Waals surface area contributed by atoms with Gasteiger partial charge in [0.25, 0.3) is 0 Å². The Bertz CT molecular complexity index is 720. The Hall–Kier alpha value is -2.50. The average molecular weight is 271 g/mol. The summed E-state index contributed by atoms with van der Waals surface area (Å²) in [4.78, 5) is 12.8. The normalized spacial score (nSPS) is 10.9. The third-order valence-electron chi connectivity index (χ3n) is 3.09. The smallest absolute Gasteiger partial charge is 0.224 e. The number of benzene rings is 1. The monoisotopic (exact) mass is 271 g/mol. The number of rotatable bonds is 4. The van der Waals surface area contributed by atoms with Crippen LogP contribution in [0.5, 0.6) is 0 Å². The Labute approximate surface area is 115 Å². The molecule has 1 aromatic carbocycles. The standard InChI is InChI=1S/C14H14FN5/c1-20-9-18-13-12(20)8-17-14(19-13)16-7-6-10-2-4-11(15)5-3-10/h2-5,8-9H,6-7H2,1H3,(H,16,17,19). The second-order valence-corrected chi connectivity index (χ2v) is 4.56. The molecule has 3 rings (SSSR count). The molecule has 0 saturated carbocycles. The van der Waals surface area contributed by atoms with Crippen LogP contribution >= 0.6 is 0 Å². The Balaban J connectivity index is 1.63. The lowest BCUT2D eigenvalue weighted by molar-refractivity contribution is 0.627. The summed E-state index contributed by atoms with van der Waals surface area (Å²) < 4.78 is 14.7. The van der Waals surface area contributed by atoms with Gasteiger partial charge in [-0.2, -0.15) is 4.98 Å². The molecule has 0 saturated heterocycles. The number of halogens is 1. The highest BCUT2D eigenvalue weighted by Gasteiger charge is 2.03. The van der Waals surface area contributed by atoms with Crippen molar-refractivity contribution in [1.82, 2.24) is 19.5 Å². The van der Waals surface area contributed by atoms with Gasteiger partial charge in [0.15, 0.2) is 5.65 Å². The van der Waals surface area contributed by atoms with Crippen molar-refractivity contribution < 1.29 is 4.39 Å². The summed E-state index contributed by atoms with van der Waals surface area (Å²) in [6, 6.07) is 6.48. The zero-order valence-electron chi connectivity index (χ0n) is 11.0. The minimum Gasteiger partial charge on any atom is -0.354 e. The van der Waals surface area contributed by atoms with Crippen molar-refractivity contribution in [3.63, 3.8) is 0 Å². The van der Waals surface area contributed by atoms with Gasteiger partial charge in [-0.15, -0.1) is 0 Å². The minimum absolute atomic E-state index is 0.217. The van der Waals surface area contributed by atoms with E-state index in [1.807, 2.05) is 11.6 Å². The number of aromatic nitrogens is 4. The van der Waals surface area contributed by atoms with E-state index in [0.29, 0.717) is 18.1 Å². The summed E-state index contributed by atoms with van der Waals surface area (Å²) in [7, 11) is 1.90. The molecule has 0 atom stereocenters. The summed E-state index contributed by atoms with van der Waals surface area (Å²) in [5, 5.41) is 3.14. The molecule has 102 valence electrons. The van der Waals surface area contributed by atoms with Gasteiger partial charge in [-0.25, -0.2) is 14.4 Å². The topological polar surface area (TPSA) is 55.6 Å². The number of aryl methyl sites for hydroxylation is 1. The van der Waals surface area contributed by atoms with Gasteiger partial charge in [0.2, 0.25) is 5.95 Å². The first-order valence-corrected chi connectivity index (χ1v) is 6.35. The van der Waals surface area contributed by atoms with Crippen molar-refractivity contribution in [2.24, 2.45) is 7.05 Å². The molecule has 0 fully saturated rings. The van der Waals surface area contributed by atoms with Crippen LogP contribution < -0.4 is 5.32 Å². The highest BCUT2D eigenvalue weighted by atomic mass is 19.1. The zero-order valence-corrected chi connectivity index (χ0v) is 11.0. The van der Waals surface area contributed by atoms with Crippen molar-refractivity contribution in [3.05, 3.63) is 48.2 Å². The predicted octanol–water partition coefficient (Wildman–Crippen LogP) is 2.16. The van der Waals surface area contributed by atoms with E-state index in [4.69, 9.17) is 0 Å². The van der Waals surface area contributed by atoms with Crippen LogP contribution in [0.3, 0.4) is 0 Å². The molecule has 0 amide bonds. The van der Waals surface area contributed by atoms with Crippen molar-refractivity contribution in [2.45, 2.75) is 6.42 Å². The Morgan fingerprint density at radius 2 is 2.00 bits per heavy atom. The first kappa shape index (κ1) is 12.5. The van der Waals surface area contributed by atoms with Gasteiger partial charge in [0, 0.05) is 13.6 Å². The minimum atomic E-state index is -0.217. The van der Waals surface area contributed by atoms with Crippen LogP contribution in [0.4, 0.5) is 10.3 Å². The fourth-order valence-electron chi connectivity index (χ4n) is 1.97. The van der Waals surface area contributed by atoms with Gasteiger partial charge in [-0.3, -0.25) is 0 Å². The van der Waals surface area contributed by atoms with Crippen LogP contribution in [-0.2, 0) is 13.5 Å². The van der Waals surface area contributed by atoms with Gasteiger partial charge >= 0.3 is 0 Å². The maximum Gasteiger partial charge on any atom is 0.224 e. The molecule has 0 aliphatic rings. The van der Waals surface area contributed by atoms with E-state index in [0.717, 1.165) is 17.5 Å². The Morgan fingerprint density at radius 1 is 1.20 bits per heavy atom. The largest absolute Gasteiger partial charge is 0.354 e. The van der Waals surface area contributed by atoms with E-state index in [2.05, 4.69) is 20.3 Å². The molecule has 6 heteroatoms. The highest BCUT2D eigenvalue weighted by molar-refractivity contribution is 5.70. The van der Waals surface area contributed by atoms with Crippen LogP contribution in [0, 0.1) is 5.82 Å². The second kappa shape index (κ2) is 5.24. The van der Waals surface area contributed by atoms with Gasteiger partial charge in [0.05, 0.1) is 12.5 Å². The van der Waals surface area contributed by atoms with E-state index in [1.54, 1.807) is 24.7 Å². The summed E-state index contributed by atoms with van der Waals surface area (Å²) >= 11 is 0. The van der Waals surface area contributed by atoms with Gasteiger partial charge < -0.3 is 9.88 Å². The van der Waals surface area contributed by atoms with Crippen molar-refractivity contribution >= 4 is 17.1 Å². The molecule has 2 aromatic heterocycles. The predicted molar refractivity (Wildman–Crippen MR) is 74.9 cm³/mol. The summed E-state index contributed by atoms with van der Waals surface area (Å²) in [6.07, 6.45) is 4.24. The SMILES string of the molecule is Cn1cnc2nc(NCCc3ccc(F)cc3)ncc21. The Morgan fingerprint density at radius 3 is 2.80 bits per heavy atom. The molecule has 0 radical (unpaired) electrons. The quantitative estimate of drug-likeness (QED) is 0.790. The van der Waals surface area contributed by atoms with Gasteiger partial charge in [0.1, 0.15) is 11.3 Å². The maximum atomic E-state index is 12.8. The number of fused-ring (bicyclic) bond motifs is 1. The summed E-state index contributed by atoms with van der Waals surface area (Å²) in [6.45, 7) is 0.684. The molecule has 0 bridgehead atoms. The number of nitrogens with zero attached hydrogens (tertiary/aromatic N) is 4. The fraction of sp³-hybridized carbons (Fsp3) is 0.214. The zero-order chi connectivity index (χ0) is 13.9. The first-order valence-electron chi connectivity index (χ1n) is 6.35.